The lowest BCUT2D eigenvalue weighted by Crippen LogP contribution is -2.10. The second kappa shape index (κ2) is 5.67. The molecule has 2 aromatic carbocycles. The molecule has 0 amide bonds. The minimum absolute atomic E-state index is 1.28. The van der Waals surface area contributed by atoms with Crippen LogP contribution in [0.25, 0.3) is 11.1 Å². The maximum Gasteiger partial charge on any atom is -0.0146 e. The summed E-state index contributed by atoms with van der Waals surface area (Å²) >= 11 is 0. The molecule has 0 bridgehead atoms. The smallest absolute Gasteiger partial charge is 0.0146 e. The molecule has 0 radical (unpaired) electrons. The molecule has 4 rings (SSSR count). The van der Waals surface area contributed by atoms with E-state index in [2.05, 4.69) is 36.4 Å². The average molecular weight is 276 g/mol. The second-order valence-electron chi connectivity index (χ2n) is 6.65. The minimum atomic E-state index is 1.28. The van der Waals surface area contributed by atoms with Gasteiger partial charge < -0.3 is 0 Å². The summed E-state index contributed by atoms with van der Waals surface area (Å²) in [5.74, 6) is 0. The highest BCUT2D eigenvalue weighted by Crippen LogP contribution is 2.37. The minimum Gasteiger partial charge on any atom is -0.0622 e. The molecule has 2 aliphatic carbocycles. The largest absolute Gasteiger partial charge is 0.0622 e. The van der Waals surface area contributed by atoms with Gasteiger partial charge in [0.25, 0.3) is 0 Å². The van der Waals surface area contributed by atoms with Gasteiger partial charge >= 0.3 is 0 Å². The Morgan fingerprint density at radius 1 is 0.571 bits per heavy atom. The highest BCUT2D eigenvalue weighted by molar-refractivity contribution is 5.71. The third kappa shape index (κ3) is 2.41. The Balaban J connectivity index is 1.94. The van der Waals surface area contributed by atoms with Crippen LogP contribution in [0, 0.1) is 0 Å². The van der Waals surface area contributed by atoms with E-state index in [0.717, 1.165) is 0 Å². The van der Waals surface area contributed by atoms with E-state index in [-0.39, 0.29) is 0 Å². The van der Waals surface area contributed by atoms with Gasteiger partial charge in [0.15, 0.2) is 0 Å². The van der Waals surface area contributed by atoms with E-state index in [9.17, 15) is 0 Å². The van der Waals surface area contributed by atoms with Gasteiger partial charge in [0.1, 0.15) is 0 Å². The van der Waals surface area contributed by atoms with Gasteiger partial charge in [0.2, 0.25) is 0 Å². The Kier molecular flexibility index (Phi) is 3.55. The van der Waals surface area contributed by atoms with Gasteiger partial charge in [-0.05, 0) is 84.7 Å². The molecule has 2 aromatic rings. The molecule has 0 heteroatoms. The molecule has 0 N–H and O–H groups in total. The van der Waals surface area contributed by atoms with Crippen LogP contribution in [-0.2, 0) is 25.7 Å². The van der Waals surface area contributed by atoms with E-state index < -0.39 is 0 Å². The fraction of sp³-hybridized carbons (Fsp3) is 0.429. The number of aryl methyl sites for hydroxylation is 1. The highest BCUT2D eigenvalue weighted by atomic mass is 14.3. The Morgan fingerprint density at radius 2 is 1.24 bits per heavy atom. The van der Waals surface area contributed by atoms with Gasteiger partial charge in [0.05, 0.1) is 0 Å². The summed E-state index contributed by atoms with van der Waals surface area (Å²) < 4.78 is 0. The lowest BCUT2D eigenvalue weighted by molar-refractivity contribution is 0.672. The molecule has 0 aromatic heterocycles. The van der Waals surface area contributed by atoms with E-state index in [1.54, 1.807) is 22.3 Å². The van der Waals surface area contributed by atoms with Crippen molar-refractivity contribution in [3.05, 3.63) is 58.7 Å². The van der Waals surface area contributed by atoms with Crippen LogP contribution in [0.15, 0.2) is 36.4 Å². The summed E-state index contributed by atoms with van der Waals surface area (Å²) in [6.45, 7) is 0. The fourth-order valence-corrected chi connectivity index (χ4v) is 4.28. The number of fused-ring (bicyclic) bond motifs is 3. The molecule has 0 heterocycles. The first kappa shape index (κ1) is 13.1. The first-order chi connectivity index (χ1) is 10.4. The van der Waals surface area contributed by atoms with Crippen LogP contribution in [0.4, 0.5) is 0 Å². The molecule has 0 atom stereocenters. The Hall–Kier alpha value is -1.56. The quantitative estimate of drug-likeness (QED) is 0.603. The predicted molar refractivity (Wildman–Crippen MR) is 89.8 cm³/mol. The molecule has 0 saturated carbocycles. The number of hydrogen-bond acceptors (Lipinski definition) is 0. The molecule has 0 unspecified atom stereocenters. The zero-order valence-electron chi connectivity index (χ0n) is 12.8. The van der Waals surface area contributed by atoms with E-state index >= 15 is 0 Å². The van der Waals surface area contributed by atoms with Crippen LogP contribution in [0.2, 0.25) is 0 Å². The Labute approximate surface area is 128 Å². The summed E-state index contributed by atoms with van der Waals surface area (Å²) in [6, 6.07) is 13.6. The second-order valence-corrected chi connectivity index (χ2v) is 6.65. The molecule has 0 aliphatic heterocycles. The van der Waals surface area contributed by atoms with Crippen molar-refractivity contribution in [1.29, 1.82) is 0 Å². The standard InChI is InChI=1S/C21H24/c1-3-9-16(10-4-1)21-15-17-11-7-8-12-18(17)19-13-5-2-6-14-20(19)21/h1,3-4,9-10,15H,2,5-8,11-14H2. The number of rotatable bonds is 1. The topological polar surface area (TPSA) is 0 Å². The summed E-state index contributed by atoms with van der Waals surface area (Å²) in [5.41, 5.74) is 9.76. The van der Waals surface area contributed by atoms with Crippen molar-refractivity contribution in [3.63, 3.8) is 0 Å². The summed E-state index contributed by atoms with van der Waals surface area (Å²) in [7, 11) is 0. The normalized spacial score (nSPS) is 17.7. The SMILES string of the molecule is c1ccc(-c2cc3c(c4c2CCCCC4)CCCC3)cc1. The predicted octanol–water partition coefficient (Wildman–Crippen LogP) is 5.50. The molecule has 2 aliphatic rings. The van der Waals surface area contributed by atoms with Crippen molar-refractivity contribution < 1.29 is 0 Å². The summed E-state index contributed by atoms with van der Waals surface area (Å²) in [4.78, 5) is 0. The van der Waals surface area contributed by atoms with Gasteiger partial charge in [-0.15, -0.1) is 0 Å². The van der Waals surface area contributed by atoms with E-state index in [1.807, 2.05) is 0 Å². The van der Waals surface area contributed by atoms with E-state index in [0.29, 0.717) is 0 Å². The van der Waals surface area contributed by atoms with Crippen molar-refractivity contribution >= 4 is 0 Å². The molecule has 108 valence electrons. The molecule has 21 heavy (non-hydrogen) atoms. The van der Waals surface area contributed by atoms with Gasteiger partial charge in [-0.25, -0.2) is 0 Å². The maximum absolute atomic E-state index is 2.54. The van der Waals surface area contributed by atoms with Crippen molar-refractivity contribution in [2.45, 2.75) is 57.8 Å². The summed E-state index contributed by atoms with van der Waals surface area (Å²) in [6.07, 6.45) is 12.1. The Bertz CT molecular complexity index is 637. The van der Waals surface area contributed by atoms with Crippen molar-refractivity contribution in [2.24, 2.45) is 0 Å². The molecular formula is C21H24. The van der Waals surface area contributed by atoms with Crippen molar-refractivity contribution in [1.82, 2.24) is 0 Å². The van der Waals surface area contributed by atoms with Crippen LogP contribution >= 0.6 is 0 Å². The van der Waals surface area contributed by atoms with Gasteiger partial charge in [-0.1, -0.05) is 42.8 Å². The number of benzene rings is 2. The molecule has 0 saturated heterocycles. The third-order valence-electron chi connectivity index (χ3n) is 5.32. The summed E-state index contributed by atoms with van der Waals surface area (Å²) in [5, 5.41) is 0. The fourth-order valence-electron chi connectivity index (χ4n) is 4.28. The first-order valence-electron chi connectivity index (χ1n) is 8.65. The van der Waals surface area contributed by atoms with Gasteiger partial charge in [0, 0.05) is 0 Å². The monoisotopic (exact) mass is 276 g/mol. The molecular weight excluding hydrogens is 252 g/mol. The lowest BCUT2D eigenvalue weighted by Gasteiger charge is -2.24. The van der Waals surface area contributed by atoms with Crippen LogP contribution in [0.3, 0.4) is 0 Å². The molecule has 0 nitrogen and oxygen atoms in total. The van der Waals surface area contributed by atoms with Crippen LogP contribution in [0.1, 0.15) is 54.4 Å². The van der Waals surface area contributed by atoms with Crippen molar-refractivity contribution in [3.8, 4) is 11.1 Å². The molecule has 0 spiro atoms. The molecule has 0 fully saturated rings. The van der Waals surface area contributed by atoms with Crippen LogP contribution < -0.4 is 0 Å². The zero-order valence-corrected chi connectivity index (χ0v) is 12.8. The van der Waals surface area contributed by atoms with Crippen molar-refractivity contribution in [2.75, 3.05) is 0 Å². The lowest BCUT2D eigenvalue weighted by atomic mass is 9.80. The average Bonchev–Trinajstić information content (AvgIpc) is 2.81. The third-order valence-corrected chi connectivity index (χ3v) is 5.32. The van der Waals surface area contributed by atoms with E-state index in [4.69, 9.17) is 0 Å². The maximum atomic E-state index is 2.54. The van der Waals surface area contributed by atoms with Crippen LogP contribution in [-0.4, -0.2) is 0 Å². The Morgan fingerprint density at radius 3 is 2.10 bits per heavy atom. The number of hydrogen-bond donors (Lipinski definition) is 0. The zero-order chi connectivity index (χ0) is 14.1. The highest BCUT2D eigenvalue weighted by Gasteiger charge is 2.21. The van der Waals surface area contributed by atoms with Gasteiger partial charge in [-0.3, -0.25) is 0 Å². The van der Waals surface area contributed by atoms with E-state index in [1.165, 1.54) is 68.9 Å². The van der Waals surface area contributed by atoms with Gasteiger partial charge in [-0.2, -0.15) is 0 Å². The first-order valence-corrected chi connectivity index (χ1v) is 8.65. The van der Waals surface area contributed by atoms with Crippen LogP contribution in [0.5, 0.6) is 0 Å².